The Morgan fingerprint density at radius 3 is 2.89 bits per heavy atom. The highest BCUT2D eigenvalue weighted by Crippen LogP contribution is 2.19. The quantitative estimate of drug-likeness (QED) is 0.609. The van der Waals surface area contributed by atoms with Crippen molar-refractivity contribution in [3.63, 3.8) is 0 Å². The molecule has 2 aromatic carbocycles. The molecule has 0 saturated heterocycles. The first kappa shape index (κ1) is 10.3. The molecule has 1 aliphatic rings. The zero-order valence-corrected chi connectivity index (χ0v) is 10.2. The minimum absolute atomic E-state index is 0.978. The molecule has 2 heterocycles. The third-order valence-corrected chi connectivity index (χ3v) is 3.46. The van der Waals surface area contributed by atoms with Gasteiger partial charge in [0.15, 0.2) is 0 Å². The van der Waals surface area contributed by atoms with Crippen molar-refractivity contribution in [2.45, 2.75) is 0 Å². The fourth-order valence-electron chi connectivity index (χ4n) is 2.55. The first-order valence-corrected chi connectivity index (χ1v) is 6.18. The molecule has 3 nitrogen and oxygen atoms in total. The van der Waals surface area contributed by atoms with Crippen molar-refractivity contribution < 1.29 is 0 Å². The van der Waals surface area contributed by atoms with Crippen molar-refractivity contribution in [2.24, 2.45) is 0 Å². The first-order chi connectivity index (χ1) is 9.43. The Bertz CT molecular complexity index is 939. The summed E-state index contributed by atoms with van der Waals surface area (Å²) < 4.78 is 0. The number of aromatic nitrogens is 2. The zero-order valence-electron chi connectivity index (χ0n) is 10.2. The molecule has 1 aliphatic heterocycles. The van der Waals surface area contributed by atoms with Crippen LogP contribution in [0.15, 0.2) is 49.1 Å². The highest BCUT2D eigenvalue weighted by molar-refractivity contribution is 6.05. The molecular formula is C16H11N3. The summed E-state index contributed by atoms with van der Waals surface area (Å²) in [6, 6.07) is 8.45. The third-order valence-electron chi connectivity index (χ3n) is 3.46. The van der Waals surface area contributed by atoms with E-state index in [2.05, 4.69) is 39.6 Å². The van der Waals surface area contributed by atoms with Crippen LogP contribution in [0, 0.1) is 0 Å². The van der Waals surface area contributed by atoms with Gasteiger partial charge in [0, 0.05) is 29.2 Å². The number of allylic oxidation sites excluding steroid dienone is 1. The van der Waals surface area contributed by atoms with Crippen LogP contribution in [0.1, 0.15) is 0 Å². The Morgan fingerprint density at radius 1 is 0.947 bits per heavy atom. The molecule has 0 amide bonds. The van der Waals surface area contributed by atoms with Gasteiger partial charge < -0.3 is 5.32 Å². The van der Waals surface area contributed by atoms with Crippen molar-refractivity contribution in [3.8, 4) is 0 Å². The van der Waals surface area contributed by atoms with E-state index in [9.17, 15) is 0 Å². The van der Waals surface area contributed by atoms with Crippen molar-refractivity contribution in [1.29, 1.82) is 0 Å². The van der Waals surface area contributed by atoms with Gasteiger partial charge in [0.1, 0.15) is 6.33 Å². The van der Waals surface area contributed by atoms with Gasteiger partial charge in [0.05, 0.1) is 5.52 Å². The molecule has 0 saturated carbocycles. The Kier molecular flexibility index (Phi) is 2.12. The largest absolute Gasteiger partial charge is 0.367 e. The van der Waals surface area contributed by atoms with E-state index >= 15 is 0 Å². The van der Waals surface area contributed by atoms with E-state index in [4.69, 9.17) is 0 Å². The van der Waals surface area contributed by atoms with Gasteiger partial charge in [-0.2, -0.15) is 0 Å². The van der Waals surface area contributed by atoms with E-state index in [1.807, 2.05) is 30.7 Å². The highest BCUT2D eigenvalue weighted by Gasteiger charge is 2.03. The van der Waals surface area contributed by atoms with Crippen LogP contribution in [0.4, 0.5) is 0 Å². The molecule has 3 heteroatoms. The van der Waals surface area contributed by atoms with Gasteiger partial charge in [-0.25, -0.2) is 9.97 Å². The molecule has 90 valence electrons. The lowest BCUT2D eigenvalue weighted by atomic mass is 10.0. The van der Waals surface area contributed by atoms with E-state index in [1.54, 1.807) is 6.33 Å². The van der Waals surface area contributed by atoms with Crippen LogP contribution in [0.5, 0.6) is 0 Å². The monoisotopic (exact) mass is 245 g/mol. The van der Waals surface area contributed by atoms with Crippen LogP contribution in [-0.4, -0.2) is 9.97 Å². The smallest absolute Gasteiger partial charge is 0.116 e. The van der Waals surface area contributed by atoms with Crippen molar-refractivity contribution in [3.05, 3.63) is 59.5 Å². The van der Waals surface area contributed by atoms with E-state index in [1.165, 1.54) is 21.2 Å². The Morgan fingerprint density at radius 2 is 1.89 bits per heavy atom. The van der Waals surface area contributed by atoms with Crippen LogP contribution in [0.3, 0.4) is 0 Å². The van der Waals surface area contributed by atoms with Crippen molar-refractivity contribution in [2.75, 3.05) is 0 Å². The van der Waals surface area contributed by atoms with Gasteiger partial charge in [0.2, 0.25) is 0 Å². The average Bonchev–Trinajstić information content (AvgIpc) is 2.72. The number of hydrogen-bond donors (Lipinski definition) is 1. The minimum Gasteiger partial charge on any atom is -0.367 e. The van der Waals surface area contributed by atoms with Crippen molar-refractivity contribution in [1.82, 2.24) is 15.3 Å². The second-order valence-electron chi connectivity index (χ2n) is 4.52. The molecule has 3 aromatic rings. The molecular weight excluding hydrogens is 234 g/mol. The van der Waals surface area contributed by atoms with E-state index in [0.717, 1.165) is 10.9 Å². The van der Waals surface area contributed by atoms with E-state index in [-0.39, 0.29) is 0 Å². The predicted octanol–water partition coefficient (Wildman–Crippen LogP) is 1.42. The third kappa shape index (κ3) is 1.52. The van der Waals surface area contributed by atoms with Gasteiger partial charge in [0.25, 0.3) is 0 Å². The van der Waals surface area contributed by atoms with Crippen LogP contribution in [-0.2, 0) is 0 Å². The second kappa shape index (κ2) is 3.92. The fraction of sp³-hybridized carbons (Fsp3) is 0. The maximum absolute atomic E-state index is 4.30. The van der Waals surface area contributed by atoms with Gasteiger partial charge in [-0.15, -0.1) is 0 Å². The number of rotatable bonds is 0. The van der Waals surface area contributed by atoms with Gasteiger partial charge in [-0.3, -0.25) is 0 Å². The molecule has 1 aromatic heterocycles. The number of nitrogens with zero attached hydrogens (tertiary/aromatic N) is 2. The lowest BCUT2D eigenvalue weighted by molar-refractivity contribution is 1.22. The number of benzene rings is 2. The Labute approximate surface area is 109 Å². The summed E-state index contributed by atoms with van der Waals surface area (Å²) in [5.74, 6) is 0. The summed E-state index contributed by atoms with van der Waals surface area (Å²) in [6.07, 6.45) is 11.5. The summed E-state index contributed by atoms with van der Waals surface area (Å²) in [5, 5.41) is 9.08. The molecule has 0 unspecified atom stereocenters. The number of nitrogens with one attached hydrogen (secondary N) is 1. The number of fused-ring (bicyclic) bond motifs is 5. The molecule has 0 aliphatic carbocycles. The minimum atomic E-state index is 0.978. The molecule has 19 heavy (non-hydrogen) atoms. The second-order valence-corrected chi connectivity index (χ2v) is 4.52. The van der Waals surface area contributed by atoms with Crippen LogP contribution in [0.2, 0.25) is 0 Å². The predicted molar refractivity (Wildman–Crippen MR) is 77.5 cm³/mol. The lowest BCUT2D eigenvalue weighted by Gasteiger charge is -2.04. The first-order valence-electron chi connectivity index (χ1n) is 6.18. The van der Waals surface area contributed by atoms with Gasteiger partial charge in [-0.1, -0.05) is 24.3 Å². The fourth-order valence-corrected chi connectivity index (χ4v) is 2.55. The average molecular weight is 245 g/mol. The zero-order chi connectivity index (χ0) is 12.7. The van der Waals surface area contributed by atoms with E-state index in [0.29, 0.717) is 0 Å². The number of hydrogen-bond acceptors (Lipinski definition) is 3. The van der Waals surface area contributed by atoms with Crippen molar-refractivity contribution >= 4 is 34.0 Å². The summed E-state index contributed by atoms with van der Waals surface area (Å²) in [7, 11) is 0. The maximum atomic E-state index is 4.30. The highest BCUT2D eigenvalue weighted by atomic mass is 14.8. The van der Waals surface area contributed by atoms with Gasteiger partial charge >= 0.3 is 0 Å². The molecule has 0 fully saturated rings. The SMILES string of the molecule is C1=CNC=c2c(ccc3c2ccc2ncncc23)=C1. The van der Waals surface area contributed by atoms with Crippen LogP contribution < -0.4 is 15.8 Å². The molecule has 0 bridgehead atoms. The van der Waals surface area contributed by atoms with Crippen LogP contribution >= 0.6 is 0 Å². The molecule has 0 spiro atoms. The Hall–Kier alpha value is -2.68. The summed E-state index contributed by atoms with van der Waals surface area (Å²) in [5.41, 5.74) is 0.978. The standard InChI is InChI=1S/C16H11N3/c1-2-11-3-4-13-12(14(11)8-17-7-1)5-6-16-15(13)9-18-10-19-16/h1-10,17H. The lowest BCUT2D eigenvalue weighted by Crippen LogP contribution is -2.26. The summed E-state index contributed by atoms with van der Waals surface area (Å²) >= 11 is 0. The maximum Gasteiger partial charge on any atom is 0.116 e. The van der Waals surface area contributed by atoms with E-state index < -0.39 is 0 Å². The molecule has 4 rings (SSSR count). The Balaban J connectivity index is 2.27. The van der Waals surface area contributed by atoms with Crippen LogP contribution in [0.25, 0.3) is 34.0 Å². The molecule has 1 N–H and O–H groups in total. The van der Waals surface area contributed by atoms with Gasteiger partial charge in [-0.05, 0) is 28.1 Å². The molecule has 0 atom stereocenters. The topological polar surface area (TPSA) is 37.8 Å². The summed E-state index contributed by atoms with van der Waals surface area (Å²) in [4.78, 5) is 8.44. The summed E-state index contributed by atoms with van der Waals surface area (Å²) in [6.45, 7) is 0. The molecule has 0 radical (unpaired) electrons. The normalized spacial score (nSPS) is 13.3.